The van der Waals surface area contributed by atoms with Crippen molar-refractivity contribution in [3.05, 3.63) is 59.9 Å². The van der Waals surface area contributed by atoms with E-state index in [-0.39, 0.29) is 18.1 Å². The van der Waals surface area contributed by atoms with Crippen molar-refractivity contribution in [3.8, 4) is 0 Å². The van der Waals surface area contributed by atoms with Crippen LogP contribution in [-0.2, 0) is 20.8 Å². The number of nitrogens with zero attached hydrogens (tertiary/aromatic N) is 4. The van der Waals surface area contributed by atoms with E-state index in [1.807, 2.05) is 25.1 Å². The maximum Gasteiger partial charge on any atom is 0.263 e. The zero-order valence-electron chi connectivity index (χ0n) is 15.6. The number of benzene rings is 2. The highest BCUT2D eigenvalue weighted by atomic mass is 19.1. The Morgan fingerprint density at radius 3 is 2.55 bits per heavy atom. The first-order valence-electron chi connectivity index (χ1n) is 9.18. The zero-order chi connectivity index (χ0) is 20.5. The van der Waals surface area contributed by atoms with Crippen LogP contribution in [0.5, 0.6) is 0 Å². The molecular formula is C20H18FN5O3. The third-order valence-electron chi connectivity index (χ3n) is 4.92. The lowest BCUT2D eigenvalue weighted by Gasteiger charge is -2.20. The molecule has 0 spiro atoms. The molecule has 2 aromatic carbocycles. The molecule has 29 heavy (non-hydrogen) atoms. The molecule has 2 heterocycles. The Hall–Kier alpha value is -3.62. The number of carbonyl (C=O) groups is 3. The SMILES string of the molecule is CCc1ccccc1NC(=O)CN1N=N[C@H]2C(=O)N(c3ccc(F)cc3)C(=O)[C@H]21. The smallest absolute Gasteiger partial charge is 0.263 e. The van der Waals surface area contributed by atoms with Crippen LogP contribution in [0.25, 0.3) is 0 Å². The minimum atomic E-state index is -1.01. The number of rotatable bonds is 5. The van der Waals surface area contributed by atoms with E-state index >= 15 is 0 Å². The van der Waals surface area contributed by atoms with Gasteiger partial charge in [0.15, 0.2) is 12.1 Å². The summed E-state index contributed by atoms with van der Waals surface area (Å²) in [6.45, 7) is 1.76. The fraction of sp³-hybridized carbons (Fsp3) is 0.250. The minimum Gasteiger partial charge on any atom is -0.324 e. The van der Waals surface area contributed by atoms with Gasteiger partial charge in [0, 0.05) is 5.69 Å². The summed E-state index contributed by atoms with van der Waals surface area (Å²) in [5.74, 6) is -1.93. The molecule has 1 saturated heterocycles. The third kappa shape index (κ3) is 3.35. The van der Waals surface area contributed by atoms with Crippen LogP contribution in [0.15, 0.2) is 58.9 Å². The Labute approximate surface area is 166 Å². The van der Waals surface area contributed by atoms with Crippen molar-refractivity contribution >= 4 is 29.1 Å². The van der Waals surface area contributed by atoms with Crippen LogP contribution in [-0.4, -0.2) is 41.4 Å². The fourth-order valence-electron chi connectivity index (χ4n) is 3.49. The molecule has 0 aliphatic carbocycles. The van der Waals surface area contributed by atoms with Crippen LogP contribution in [0.2, 0.25) is 0 Å². The molecule has 4 rings (SSSR count). The van der Waals surface area contributed by atoms with Crippen LogP contribution in [0.3, 0.4) is 0 Å². The van der Waals surface area contributed by atoms with Crippen molar-refractivity contribution in [2.75, 3.05) is 16.8 Å². The van der Waals surface area contributed by atoms with Gasteiger partial charge < -0.3 is 5.32 Å². The van der Waals surface area contributed by atoms with E-state index in [1.54, 1.807) is 6.07 Å². The van der Waals surface area contributed by atoms with Gasteiger partial charge in [0.25, 0.3) is 11.8 Å². The Bertz CT molecular complexity index is 1010. The van der Waals surface area contributed by atoms with Gasteiger partial charge >= 0.3 is 0 Å². The molecule has 2 aromatic rings. The number of imide groups is 1. The summed E-state index contributed by atoms with van der Waals surface area (Å²) < 4.78 is 13.2. The van der Waals surface area contributed by atoms with Crippen molar-refractivity contribution in [2.45, 2.75) is 25.4 Å². The predicted molar refractivity (Wildman–Crippen MR) is 102 cm³/mol. The van der Waals surface area contributed by atoms with Crippen molar-refractivity contribution in [1.29, 1.82) is 0 Å². The highest BCUT2D eigenvalue weighted by Crippen LogP contribution is 2.31. The fourth-order valence-corrected chi connectivity index (χ4v) is 3.49. The number of nitrogens with one attached hydrogen (secondary N) is 1. The monoisotopic (exact) mass is 395 g/mol. The van der Waals surface area contributed by atoms with Gasteiger partial charge in [-0.1, -0.05) is 30.3 Å². The first-order valence-corrected chi connectivity index (χ1v) is 9.18. The quantitative estimate of drug-likeness (QED) is 0.786. The standard InChI is InChI=1S/C20H18FN5O3/c1-2-12-5-3-4-6-15(12)22-16(27)11-25-18-17(23-24-25)19(28)26(20(18)29)14-9-7-13(21)8-10-14/h3-10,17-18H,2,11H2,1H3,(H,22,27)/t17-,18+/m1/s1. The van der Waals surface area contributed by atoms with Gasteiger partial charge in [-0.2, -0.15) is 5.11 Å². The molecule has 2 aliphatic heterocycles. The maximum absolute atomic E-state index is 13.2. The number of anilines is 2. The maximum atomic E-state index is 13.2. The van der Waals surface area contributed by atoms with Crippen molar-refractivity contribution < 1.29 is 18.8 Å². The van der Waals surface area contributed by atoms with Gasteiger partial charge in [-0.15, -0.1) is 0 Å². The van der Waals surface area contributed by atoms with Crippen molar-refractivity contribution in [3.63, 3.8) is 0 Å². The lowest BCUT2D eigenvalue weighted by atomic mass is 10.1. The van der Waals surface area contributed by atoms with Crippen LogP contribution in [0.1, 0.15) is 12.5 Å². The molecule has 148 valence electrons. The molecule has 1 fully saturated rings. The second-order valence-electron chi connectivity index (χ2n) is 6.74. The van der Waals surface area contributed by atoms with Gasteiger partial charge in [-0.3, -0.25) is 19.4 Å². The first kappa shape index (κ1) is 18.7. The largest absolute Gasteiger partial charge is 0.324 e. The number of hydrogen-bond donors (Lipinski definition) is 1. The van der Waals surface area contributed by atoms with Gasteiger partial charge in [0.05, 0.1) is 5.69 Å². The van der Waals surface area contributed by atoms with Gasteiger partial charge in [0.1, 0.15) is 12.4 Å². The van der Waals surface area contributed by atoms with E-state index in [2.05, 4.69) is 15.7 Å². The number of carbonyl (C=O) groups excluding carboxylic acids is 3. The number of aryl methyl sites for hydroxylation is 1. The van der Waals surface area contributed by atoms with E-state index < -0.39 is 29.7 Å². The first-order chi connectivity index (χ1) is 14.0. The molecule has 0 aromatic heterocycles. The number of para-hydroxylation sites is 1. The Balaban J connectivity index is 1.49. The molecule has 0 bridgehead atoms. The Morgan fingerprint density at radius 2 is 1.83 bits per heavy atom. The topological polar surface area (TPSA) is 94.4 Å². The van der Waals surface area contributed by atoms with Crippen LogP contribution in [0, 0.1) is 5.82 Å². The van der Waals surface area contributed by atoms with E-state index in [1.165, 1.54) is 29.3 Å². The van der Waals surface area contributed by atoms with Crippen LogP contribution >= 0.6 is 0 Å². The predicted octanol–water partition coefficient (Wildman–Crippen LogP) is 2.32. The highest BCUT2D eigenvalue weighted by molar-refractivity contribution is 6.25. The molecule has 2 aliphatic rings. The molecule has 0 radical (unpaired) electrons. The lowest BCUT2D eigenvalue weighted by Crippen LogP contribution is -2.43. The summed E-state index contributed by atoms with van der Waals surface area (Å²) in [5, 5.41) is 11.8. The van der Waals surface area contributed by atoms with Crippen molar-refractivity contribution in [2.24, 2.45) is 10.3 Å². The summed E-state index contributed by atoms with van der Waals surface area (Å²) in [6, 6.07) is 10.5. The van der Waals surface area contributed by atoms with E-state index in [9.17, 15) is 18.8 Å². The second-order valence-corrected chi connectivity index (χ2v) is 6.74. The molecule has 2 atom stereocenters. The average Bonchev–Trinajstić information content (AvgIpc) is 3.23. The number of amides is 3. The van der Waals surface area contributed by atoms with Gasteiger partial charge in [0.2, 0.25) is 5.91 Å². The summed E-state index contributed by atoms with van der Waals surface area (Å²) in [4.78, 5) is 38.9. The summed E-state index contributed by atoms with van der Waals surface area (Å²) in [6.07, 6.45) is 0.754. The number of halogens is 1. The number of fused-ring (bicyclic) bond motifs is 1. The molecule has 0 unspecified atom stereocenters. The van der Waals surface area contributed by atoms with Gasteiger partial charge in [-0.05, 0) is 42.3 Å². The second kappa shape index (κ2) is 7.42. The molecule has 0 saturated carbocycles. The summed E-state index contributed by atoms with van der Waals surface area (Å²) in [5.41, 5.74) is 1.93. The highest BCUT2D eigenvalue weighted by Gasteiger charge is 2.55. The minimum absolute atomic E-state index is 0.223. The molecule has 3 amide bonds. The van der Waals surface area contributed by atoms with E-state index in [4.69, 9.17) is 0 Å². The summed E-state index contributed by atoms with van der Waals surface area (Å²) in [7, 11) is 0. The molecule has 8 nitrogen and oxygen atoms in total. The molecule has 9 heteroatoms. The van der Waals surface area contributed by atoms with E-state index in [0.717, 1.165) is 16.9 Å². The molecular weight excluding hydrogens is 377 g/mol. The van der Waals surface area contributed by atoms with Crippen LogP contribution in [0.4, 0.5) is 15.8 Å². The van der Waals surface area contributed by atoms with Gasteiger partial charge in [-0.25, -0.2) is 9.29 Å². The Morgan fingerprint density at radius 1 is 1.10 bits per heavy atom. The Kier molecular flexibility index (Phi) is 4.79. The normalized spacial score (nSPS) is 20.3. The van der Waals surface area contributed by atoms with Crippen molar-refractivity contribution in [1.82, 2.24) is 5.01 Å². The van der Waals surface area contributed by atoms with Crippen LogP contribution < -0.4 is 10.2 Å². The lowest BCUT2D eigenvalue weighted by molar-refractivity contribution is -0.123. The molecule has 1 N–H and O–H groups in total. The summed E-state index contributed by atoms with van der Waals surface area (Å²) >= 11 is 0. The number of hydrogen-bond acceptors (Lipinski definition) is 6. The zero-order valence-corrected chi connectivity index (χ0v) is 15.6. The third-order valence-corrected chi connectivity index (χ3v) is 4.92. The van der Waals surface area contributed by atoms with E-state index in [0.29, 0.717) is 5.69 Å². The average molecular weight is 395 g/mol.